The molecule has 12 nitrogen and oxygen atoms in total. The third-order valence-corrected chi connectivity index (χ3v) is 9.84. The molecule has 0 saturated heterocycles. The molecule has 50 heavy (non-hydrogen) atoms. The van der Waals surface area contributed by atoms with Gasteiger partial charge in [0.1, 0.15) is 20.8 Å². The SMILES string of the molecule is [O-][Cl+3]([O-])([O-])[O-].[O-][Cl+3]([O-])([O-])[O-].c1csc(-c2nc3ccccc3[nH+]c2-c2cccs2)c1.c1csc(-c2nc3ccccc3[nH+]c2-c2cccs2)c1. The zero-order valence-electron chi connectivity index (χ0n) is 25.1. The molecule has 8 aromatic rings. The summed E-state index contributed by atoms with van der Waals surface area (Å²) in [6.07, 6.45) is 0. The molecular weight excluding hydrogens is 768 g/mol. The summed E-state index contributed by atoms with van der Waals surface area (Å²) in [7, 11) is -9.89. The van der Waals surface area contributed by atoms with Crippen LogP contribution in [0.15, 0.2) is 119 Å². The number of nitrogens with one attached hydrogen (secondary N) is 2. The lowest BCUT2D eigenvalue weighted by Crippen LogP contribution is -2.68. The predicted molar refractivity (Wildman–Crippen MR) is 170 cm³/mol. The predicted octanol–water partition coefficient (Wildman–Crippen LogP) is -0.500. The van der Waals surface area contributed by atoms with Gasteiger partial charge < -0.3 is 0 Å². The average molecular weight is 790 g/mol. The van der Waals surface area contributed by atoms with E-state index in [0.717, 1.165) is 44.8 Å². The minimum Gasteiger partial charge on any atom is -0.233 e. The van der Waals surface area contributed by atoms with Gasteiger partial charge in [0.2, 0.25) is 22.4 Å². The average Bonchev–Trinajstić information content (AvgIpc) is 3.91. The van der Waals surface area contributed by atoms with Gasteiger partial charge in [-0.3, -0.25) is 0 Å². The molecule has 6 heterocycles. The van der Waals surface area contributed by atoms with Crippen molar-refractivity contribution in [3.05, 3.63) is 119 Å². The van der Waals surface area contributed by atoms with Crippen LogP contribution in [0.25, 0.3) is 64.4 Å². The molecule has 0 saturated carbocycles. The molecule has 2 N–H and O–H groups in total. The third-order valence-electron chi connectivity index (χ3n) is 6.31. The smallest absolute Gasteiger partial charge is 0.233 e. The van der Waals surface area contributed by atoms with Crippen molar-refractivity contribution in [2.75, 3.05) is 0 Å². The summed E-state index contributed by atoms with van der Waals surface area (Å²) in [5, 5.41) is 8.36. The van der Waals surface area contributed by atoms with E-state index >= 15 is 0 Å². The van der Waals surface area contributed by atoms with Crippen molar-refractivity contribution in [2.45, 2.75) is 0 Å². The molecule has 0 amide bonds. The Morgan fingerprint density at radius 1 is 0.400 bits per heavy atom. The van der Waals surface area contributed by atoms with E-state index in [1.165, 1.54) is 19.5 Å². The van der Waals surface area contributed by atoms with Crippen LogP contribution in [0.1, 0.15) is 0 Å². The molecule has 0 fully saturated rings. The zero-order chi connectivity index (χ0) is 35.7. The van der Waals surface area contributed by atoms with E-state index in [2.05, 4.69) is 92.2 Å². The van der Waals surface area contributed by atoms with Crippen LogP contribution in [0.4, 0.5) is 0 Å². The molecule has 18 heteroatoms. The van der Waals surface area contributed by atoms with Crippen molar-refractivity contribution in [3.63, 3.8) is 0 Å². The normalized spacial score (nSPS) is 11.2. The number of aromatic nitrogens is 4. The Hall–Kier alpha value is -3.82. The standard InChI is InChI=1S/2C16H10N2S2.2ClHO4/c2*1-2-6-12-11(5-1)17-15(13-7-3-9-19-13)16(18-12)14-8-4-10-20-14;2*2-1(3,4)5/h2*1-10H;2*(H,2,3,4,5). The van der Waals surface area contributed by atoms with E-state index in [4.69, 9.17) is 47.2 Å². The first kappa shape index (κ1) is 37.4. The molecule has 256 valence electrons. The van der Waals surface area contributed by atoms with E-state index in [0.29, 0.717) is 0 Å². The van der Waals surface area contributed by atoms with Crippen molar-refractivity contribution < 1.29 is 67.7 Å². The number of nitrogens with zero attached hydrogens (tertiary/aromatic N) is 2. The molecule has 0 spiro atoms. The van der Waals surface area contributed by atoms with Gasteiger partial charge >= 0.3 is 0 Å². The minimum absolute atomic E-state index is 0.996. The van der Waals surface area contributed by atoms with Gasteiger partial charge in [0, 0.05) is 12.1 Å². The fourth-order valence-corrected chi connectivity index (χ4v) is 7.37. The third kappa shape index (κ3) is 11.1. The van der Waals surface area contributed by atoms with Gasteiger partial charge in [0.15, 0.2) is 11.4 Å². The first-order valence-electron chi connectivity index (χ1n) is 13.9. The number of aromatic amines is 2. The van der Waals surface area contributed by atoms with Gasteiger partial charge in [-0.25, -0.2) is 57.2 Å². The summed E-state index contributed by atoms with van der Waals surface area (Å²) in [4.78, 5) is 21.6. The molecule has 2 aromatic carbocycles. The Morgan fingerprint density at radius 3 is 1.00 bits per heavy atom. The largest absolute Gasteiger partial charge is 0.248 e. The minimum atomic E-state index is -4.94. The van der Waals surface area contributed by atoms with Crippen LogP contribution in [0.3, 0.4) is 0 Å². The molecule has 6 aromatic heterocycles. The van der Waals surface area contributed by atoms with E-state index in [1.807, 2.05) is 36.4 Å². The lowest BCUT2D eigenvalue weighted by Gasteiger charge is -2.17. The maximum Gasteiger partial charge on any atom is 0.248 e. The molecule has 0 aliphatic heterocycles. The van der Waals surface area contributed by atoms with Gasteiger partial charge in [-0.15, -0.1) is 65.8 Å². The van der Waals surface area contributed by atoms with Crippen LogP contribution in [-0.2, 0) is 0 Å². The monoisotopic (exact) mass is 788 g/mol. The molecule has 0 atom stereocenters. The second-order valence-corrected chi connectivity index (χ2v) is 14.9. The van der Waals surface area contributed by atoms with Crippen molar-refractivity contribution in [2.24, 2.45) is 0 Å². The van der Waals surface area contributed by atoms with Gasteiger partial charge in [-0.05, 0) is 57.9 Å². The van der Waals surface area contributed by atoms with Crippen LogP contribution in [0.5, 0.6) is 0 Å². The Kier molecular flexibility index (Phi) is 12.7. The number of H-pyrrole nitrogens is 2. The van der Waals surface area contributed by atoms with Gasteiger partial charge in [0.25, 0.3) is 0 Å². The highest BCUT2D eigenvalue weighted by atomic mass is 35.7. The van der Waals surface area contributed by atoms with Crippen LogP contribution < -0.4 is 47.2 Å². The quantitative estimate of drug-likeness (QED) is 0.222. The lowest BCUT2D eigenvalue weighted by atomic mass is 10.2. The zero-order valence-corrected chi connectivity index (χ0v) is 29.9. The second-order valence-electron chi connectivity index (χ2n) is 9.62. The topological polar surface area (TPSA) is 239 Å². The maximum atomic E-state index is 8.49. The molecular formula is C32H22Cl2N4O8S4. The Labute approximate surface area is 304 Å². The van der Waals surface area contributed by atoms with Gasteiger partial charge in [-0.1, -0.05) is 48.5 Å². The number of fused-ring (bicyclic) bond motifs is 2. The fraction of sp³-hybridized carbons (Fsp3) is 0. The van der Waals surface area contributed by atoms with E-state index < -0.39 is 20.5 Å². The molecule has 0 aliphatic carbocycles. The van der Waals surface area contributed by atoms with E-state index in [1.54, 1.807) is 45.3 Å². The van der Waals surface area contributed by atoms with Crippen LogP contribution in [0, 0.1) is 20.5 Å². The summed E-state index contributed by atoms with van der Waals surface area (Å²) in [6.45, 7) is 0. The number of halogens is 2. The second kappa shape index (κ2) is 16.9. The summed E-state index contributed by atoms with van der Waals surface area (Å²) in [6, 6.07) is 33.1. The highest BCUT2D eigenvalue weighted by molar-refractivity contribution is 7.15. The van der Waals surface area contributed by atoms with Crippen LogP contribution >= 0.6 is 45.3 Å². The number of thiophene rings is 4. The van der Waals surface area contributed by atoms with Gasteiger partial charge in [-0.2, -0.15) is 0 Å². The van der Waals surface area contributed by atoms with Crippen LogP contribution in [0.2, 0.25) is 0 Å². The number of rotatable bonds is 4. The molecule has 0 aliphatic rings. The number of hydrogen-bond acceptors (Lipinski definition) is 14. The summed E-state index contributed by atoms with van der Waals surface area (Å²) < 4.78 is 67.9. The van der Waals surface area contributed by atoms with Crippen molar-refractivity contribution in [3.8, 4) is 42.3 Å². The number of para-hydroxylation sites is 4. The van der Waals surface area contributed by atoms with Crippen molar-refractivity contribution >= 4 is 67.4 Å². The van der Waals surface area contributed by atoms with Gasteiger partial charge in [0.05, 0.1) is 9.75 Å². The summed E-state index contributed by atoms with van der Waals surface area (Å²) in [5.74, 6) is 0. The number of benzene rings is 2. The Balaban J connectivity index is 0.000000154. The van der Waals surface area contributed by atoms with Crippen LogP contribution in [-0.4, -0.2) is 9.97 Å². The maximum absolute atomic E-state index is 8.49. The Morgan fingerprint density at radius 2 is 0.700 bits per heavy atom. The highest BCUT2D eigenvalue weighted by Gasteiger charge is 2.21. The molecule has 8 rings (SSSR count). The molecule has 0 unspecified atom stereocenters. The first-order chi connectivity index (χ1) is 23.8. The molecule has 0 radical (unpaired) electrons. The Bertz CT molecular complexity index is 1910. The lowest BCUT2D eigenvalue weighted by molar-refractivity contribution is -2.00. The van der Waals surface area contributed by atoms with Crippen molar-refractivity contribution in [1.29, 1.82) is 0 Å². The van der Waals surface area contributed by atoms with Crippen molar-refractivity contribution in [1.82, 2.24) is 9.97 Å². The van der Waals surface area contributed by atoms with E-state index in [9.17, 15) is 0 Å². The summed E-state index contributed by atoms with van der Waals surface area (Å²) in [5.41, 5.74) is 8.38. The molecule has 0 bridgehead atoms. The number of hydrogen-bond donors (Lipinski definition) is 0. The fourth-order valence-electron chi connectivity index (χ4n) is 4.48. The highest BCUT2D eigenvalue weighted by Crippen LogP contribution is 2.34. The first-order valence-corrected chi connectivity index (χ1v) is 19.9. The summed E-state index contributed by atoms with van der Waals surface area (Å²) >= 11 is 6.90. The van der Waals surface area contributed by atoms with E-state index in [-0.39, 0.29) is 0 Å².